The smallest absolute Gasteiger partial charge is 0.144 e. The van der Waals surface area contributed by atoms with Gasteiger partial charge in [-0.2, -0.15) is 0 Å². The molecule has 3 heteroatoms. The lowest BCUT2D eigenvalue weighted by molar-refractivity contribution is 1.09. The zero-order valence-corrected chi connectivity index (χ0v) is 5.74. The van der Waals surface area contributed by atoms with Gasteiger partial charge in [0, 0.05) is 19.5 Å². The molecule has 0 aromatic heterocycles. The minimum atomic E-state index is 0.468. The van der Waals surface area contributed by atoms with Crippen LogP contribution in [0.2, 0.25) is 0 Å². The van der Waals surface area contributed by atoms with E-state index in [2.05, 4.69) is 10.3 Å². The van der Waals surface area contributed by atoms with Crippen LogP contribution in [0, 0.1) is 0 Å². The Kier molecular flexibility index (Phi) is 4.36. The summed E-state index contributed by atoms with van der Waals surface area (Å²) >= 11 is 5.48. The van der Waals surface area contributed by atoms with Gasteiger partial charge in [-0.15, -0.1) is 0 Å². The molecular formula is C5H9ClN2. The average molecular weight is 133 g/mol. The second-order valence-electron chi connectivity index (χ2n) is 1.14. The second-order valence-corrected chi connectivity index (χ2v) is 1.53. The molecule has 1 N–H and O–H groups in total. The number of nitrogens with zero attached hydrogens (tertiary/aromatic N) is 1. The molecule has 0 saturated carbocycles. The van der Waals surface area contributed by atoms with Crippen LogP contribution in [-0.4, -0.2) is 13.3 Å². The second kappa shape index (κ2) is 4.65. The Bertz CT molecular complexity index is 107. The fraction of sp³-hybridized carbons (Fsp3) is 0.400. The fourth-order valence-electron chi connectivity index (χ4n) is 0.280. The van der Waals surface area contributed by atoms with Crippen molar-refractivity contribution in [2.45, 2.75) is 6.92 Å². The van der Waals surface area contributed by atoms with E-state index in [1.54, 1.807) is 19.5 Å². The Balaban J connectivity index is 3.61. The molecule has 0 aliphatic rings. The largest absolute Gasteiger partial charge is 0.392 e. The van der Waals surface area contributed by atoms with E-state index < -0.39 is 0 Å². The van der Waals surface area contributed by atoms with Crippen LogP contribution in [0.5, 0.6) is 0 Å². The predicted octanol–water partition coefficient (Wildman–Crippen LogP) is 1.33. The van der Waals surface area contributed by atoms with Crippen molar-refractivity contribution in [3.05, 3.63) is 11.4 Å². The summed E-state index contributed by atoms with van der Waals surface area (Å²) in [6, 6.07) is 0. The minimum Gasteiger partial charge on any atom is -0.392 e. The monoisotopic (exact) mass is 132 g/mol. The molecule has 0 aliphatic heterocycles. The van der Waals surface area contributed by atoms with Gasteiger partial charge in [0.15, 0.2) is 0 Å². The van der Waals surface area contributed by atoms with E-state index >= 15 is 0 Å². The molecule has 0 rings (SSSR count). The summed E-state index contributed by atoms with van der Waals surface area (Å²) in [5, 5.41) is 3.21. The lowest BCUT2D eigenvalue weighted by Gasteiger charge is -1.85. The number of hydrogen-bond donors (Lipinski definition) is 1. The quantitative estimate of drug-likeness (QED) is 0.445. The van der Waals surface area contributed by atoms with E-state index in [1.807, 2.05) is 6.92 Å². The maximum atomic E-state index is 5.48. The molecule has 0 saturated heterocycles. The molecule has 46 valence electrons. The van der Waals surface area contributed by atoms with Crippen LogP contribution in [0.4, 0.5) is 0 Å². The molecule has 0 amide bonds. The first kappa shape index (κ1) is 7.50. The van der Waals surface area contributed by atoms with Crippen molar-refractivity contribution in [3.63, 3.8) is 0 Å². The van der Waals surface area contributed by atoms with Crippen LogP contribution in [0.25, 0.3) is 0 Å². The van der Waals surface area contributed by atoms with E-state index in [4.69, 9.17) is 11.6 Å². The van der Waals surface area contributed by atoms with Gasteiger partial charge >= 0.3 is 0 Å². The van der Waals surface area contributed by atoms with Crippen LogP contribution in [-0.2, 0) is 0 Å². The first-order valence-electron chi connectivity index (χ1n) is 2.33. The molecule has 0 aliphatic carbocycles. The molecule has 0 unspecified atom stereocenters. The fourth-order valence-corrected chi connectivity index (χ4v) is 0.486. The first-order valence-corrected chi connectivity index (χ1v) is 2.70. The van der Waals surface area contributed by atoms with E-state index in [0.29, 0.717) is 5.16 Å². The van der Waals surface area contributed by atoms with E-state index in [9.17, 15) is 0 Å². The summed E-state index contributed by atoms with van der Waals surface area (Å²) in [4.78, 5) is 3.75. The van der Waals surface area contributed by atoms with Gasteiger partial charge in [-0.3, -0.25) is 0 Å². The Morgan fingerprint density at radius 1 is 1.75 bits per heavy atom. The van der Waals surface area contributed by atoms with Crippen LogP contribution in [0.3, 0.4) is 0 Å². The summed E-state index contributed by atoms with van der Waals surface area (Å²) in [6.07, 6.45) is 3.25. The van der Waals surface area contributed by atoms with Gasteiger partial charge in [-0.1, -0.05) is 11.6 Å². The summed E-state index contributed by atoms with van der Waals surface area (Å²) < 4.78 is 0. The number of hydrogen-bond acceptors (Lipinski definition) is 2. The number of halogens is 1. The van der Waals surface area contributed by atoms with Crippen molar-refractivity contribution >= 4 is 17.8 Å². The van der Waals surface area contributed by atoms with Crippen LogP contribution in [0.1, 0.15) is 6.92 Å². The summed E-state index contributed by atoms with van der Waals surface area (Å²) in [5.74, 6) is 0. The average Bonchev–Trinajstić information content (AvgIpc) is 1.68. The topological polar surface area (TPSA) is 24.4 Å². The maximum Gasteiger partial charge on any atom is 0.144 e. The number of rotatable bonds is 2. The van der Waals surface area contributed by atoms with Crippen molar-refractivity contribution in [1.29, 1.82) is 0 Å². The third-order valence-electron chi connectivity index (χ3n) is 0.516. The third-order valence-corrected chi connectivity index (χ3v) is 0.723. The van der Waals surface area contributed by atoms with Gasteiger partial charge < -0.3 is 5.32 Å². The summed E-state index contributed by atoms with van der Waals surface area (Å²) in [5.41, 5.74) is 0. The van der Waals surface area contributed by atoms with Gasteiger partial charge in [-0.05, 0) is 6.92 Å². The van der Waals surface area contributed by atoms with E-state index in [1.165, 1.54) is 0 Å². The van der Waals surface area contributed by atoms with E-state index in [0.717, 1.165) is 0 Å². The lowest BCUT2D eigenvalue weighted by Crippen LogP contribution is -1.91. The van der Waals surface area contributed by atoms with Gasteiger partial charge in [0.2, 0.25) is 0 Å². The van der Waals surface area contributed by atoms with E-state index in [-0.39, 0.29) is 0 Å². The minimum absolute atomic E-state index is 0.468. The van der Waals surface area contributed by atoms with Crippen LogP contribution < -0.4 is 5.32 Å². The van der Waals surface area contributed by atoms with Gasteiger partial charge in [0.1, 0.15) is 5.16 Å². The van der Waals surface area contributed by atoms with Crippen LogP contribution in [0.15, 0.2) is 16.3 Å². The molecular weight excluding hydrogens is 124 g/mol. The maximum absolute atomic E-state index is 5.48. The van der Waals surface area contributed by atoms with Crippen LogP contribution >= 0.6 is 11.6 Å². The standard InChI is InChI=1S/C5H9ClN2/c1-3-8-5(6)4-7-2/h3-4,7H,1-2H3/b5-4-,8-3-. The Morgan fingerprint density at radius 2 is 2.38 bits per heavy atom. The third kappa shape index (κ3) is 3.68. The molecule has 0 bridgehead atoms. The Morgan fingerprint density at radius 3 is 2.75 bits per heavy atom. The highest BCUT2D eigenvalue weighted by atomic mass is 35.5. The highest BCUT2D eigenvalue weighted by Gasteiger charge is 1.77. The first-order chi connectivity index (χ1) is 3.81. The predicted molar refractivity (Wildman–Crippen MR) is 37.2 cm³/mol. The Labute approximate surface area is 54.3 Å². The molecule has 0 heterocycles. The zero-order chi connectivity index (χ0) is 6.41. The molecule has 0 fully saturated rings. The molecule has 8 heavy (non-hydrogen) atoms. The molecule has 2 nitrogen and oxygen atoms in total. The Hall–Kier alpha value is -0.500. The number of nitrogens with one attached hydrogen (secondary N) is 1. The van der Waals surface area contributed by atoms with Crippen molar-refractivity contribution < 1.29 is 0 Å². The SMILES string of the molecule is C/C=N\C(Cl)=C/NC. The van der Waals surface area contributed by atoms with Crippen molar-refractivity contribution in [2.24, 2.45) is 4.99 Å². The molecule has 0 aromatic rings. The van der Waals surface area contributed by atoms with Gasteiger partial charge in [0.05, 0.1) is 0 Å². The molecule has 0 atom stereocenters. The van der Waals surface area contributed by atoms with Crippen molar-refractivity contribution in [3.8, 4) is 0 Å². The summed E-state index contributed by atoms with van der Waals surface area (Å²) in [7, 11) is 1.77. The van der Waals surface area contributed by atoms with Gasteiger partial charge in [-0.25, -0.2) is 4.99 Å². The molecule has 0 aromatic carbocycles. The van der Waals surface area contributed by atoms with Gasteiger partial charge in [0.25, 0.3) is 0 Å². The molecule has 0 spiro atoms. The highest BCUT2D eigenvalue weighted by molar-refractivity contribution is 6.29. The normalized spacial score (nSPS) is 12.6. The lowest BCUT2D eigenvalue weighted by atomic mass is 10.8. The summed E-state index contributed by atoms with van der Waals surface area (Å²) in [6.45, 7) is 1.81. The zero-order valence-electron chi connectivity index (χ0n) is 4.98. The van der Waals surface area contributed by atoms with Crippen molar-refractivity contribution in [2.75, 3.05) is 7.05 Å². The number of aliphatic imine (C=N–C) groups is 1. The molecule has 0 radical (unpaired) electrons. The highest BCUT2D eigenvalue weighted by Crippen LogP contribution is 1.97. The van der Waals surface area contributed by atoms with Crippen molar-refractivity contribution in [1.82, 2.24) is 5.32 Å².